The van der Waals surface area contributed by atoms with Crippen molar-refractivity contribution in [2.45, 2.75) is 38.8 Å². The summed E-state index contributed by atoms with van der Waals surface area (Å²) in [5, 5.41) is 3.51. The number of imidazole rings is 1. The number of hydrogen-bond donors (Lipinski definition) is 2. The maximum Gasteiger partial charge on any atom is 0.129 e. The zero-order chi connectivity index (χ0) is 15.0. The molecule has 2 aromatic rings. The van der Waals surface area contributed by atoms with E-state index in [1.165, 1.54) is 43.7 Å². The molecule has 0 atom stereocenters. The molecule has 0 unspecified atom stereocenters. The first-order chi connectivity index (χ1) is 10.7. The van der Waals surface area contributed by atoms with Crippen molar-refractivity contribution in [2.75, 3.05) is 18.4 Å². The highest BCUT2D eigenvalue weighted by Gasteiger charge is 2.48. The summed E-state index contributed by atoms with van der Waals surface area (Å²) in [6, 6.07) is 2.49. The van der Waals surface area contributed by atoms with E-state index in [2.05, 4.69) is 37.1 Å². The molecule has 6 heteroatoms. The van der Waals surface area contributed by atoms with Crippen LogP contribution in [0.15, 0.2) is 24.9 Å². The summed E-state index contributed by atoms with van der Waals surface area (Å²) < 4.78 is 0. The minimum Gasteiger partial charge on any atom is -0.367 e. The SMILES string of the molecule is Cc1[nH]cnc1CN1CCC2(CC(Nc3ccncn3)C2)C1. The molecule has 0 bridgehead atoms. The summed E-state index contributed by atoms with van der Waals surface area (Å²) in [4.78, 5) is 18.3. The van der Waals surface area contributed by atoms with Gasteiger partial charge in [-0.2, -0.15) is 0 Å². The Bertz CT molecular complexity index is 631. The van der Waals surface area contributed by atoms with Gasteiger partial charge in [0.2, 0.25) is 0 Å². The summed E-state index contributed by atoms with van der Waals surface area (Å²) in [7, 11) is 0. The quantitative estimate of drug-likeness (QED) is 0.903. The Balaban J connectivity index is 1.30. The molecule has 0 amide bonds. The van der Waals surface area contributed by atoms with E-state index < -0.39 is 0 Å². The molecule has 2 fully saturated rings. The number of rotatable bonds is 4. The van der Waals surface area contributed by atoms with Crippen LogP contribution in [0.3, 0.4) is 0 Å². The van der Waals surface area contributed by atoms with Crippen LogP contribution in [0.1, 0.15) is 30.7 Å². The molecule has 1 saturated heterocycles. The number of aromatic nitrogens is 4. The number of H-pyrrole nitrogens is 1. The van der Waals surface area contributed by atoms with E-state index in [0.717, 1.165) is 12.4 Å². The van der Waals surface area contributed by atoms with Crippen LogP contribution in [0.4, 0.5) is 5.82 Å². The van der Waals surface area contributed by atoms with Gasteiger partial charge in [0, 0.05) is 31.0 Å². The highest BCUT2D eigenvalue weighted by Crippen LogP contribution is 2.49. The van der Waals surface area contributed by atoms with Crippen molar-refractivity contribution in [3.8, 4) is 0 Å². The number of nitrogens with zero attached hydrogens (tertiary/aromatic N) is 4. The molecule has 3 heterocycles. The Morgan fingerprint density at radius 3 is 3.05 bits per heavy atom. The van der Waals surface area contributed by atoms with Crippen molar-refractivity contribution in [2.24, 2.45) is 5.41 Å². The van der Waals surface area contributed by atoms with Crippen LogP contribution >= 0.6 is 0 Å². The van der Waals surface area contributed by atoms with Gasteiger partial charge in [-0.25, -0.2) is 15.0 Å². The summed E-state index contributed by atoms with van der Waals surface area (Å²) in [5.41, 5.74) is 2.89. The lowest BCUT2D eigenvalue weighted by molar-refractivity contribution is 0.119. The minimum absolute atomic E-state index is 0.509. The second-order valence-corrected chi connectivity index (χ2v) is 6.78. The highest BCUT2D eigenvalue weighted by atomic mass is 15.2. The normalized spacial score (nSPS) is 28.0. The largest absolute Gasteiger partial charge is 0.367 e. The zero-order valence-electron chi connectivity index (χ0n) is 12.9. The Morgan fingerprint density at radius 1 is 1.41 bits per heavy atom. The van der Waals surface area contributed by atoms with Crippen molar-refractivity contribution in [3.05, 3.63) is 36.3 Å². The van der Waals surface area contributed by atoms with E-state index in [0.29, 0.717) is 11.5 Å². The smallest absolute Gasteiger partial charge is 0.129 e. The molecule has 0 radical (unpaired) electrons. The summed E-state index contributed by atoms with van der Waals surface area (Å²) in [5.74, 6) is 0.942. The van der Waals surface area contributed by atoms with Gasteiger partial charge < -0.3 is 10.3 Å². The molecule has 1 saturated carbocycles. The van der Waals surface area contributed by atoms with Gasteiger partial charge in [0.1, 0.15) is 12.1 Å². The van der Waals surface area contributed by atoms with Crippen LogP contribution in [0.25, 0.3) is 0 Å². The van der Waals surface area contributed by atoms with Gasteiger partial charge in [-0.15, -0.1) is 0 Å². The number of nitrogens with one attached hydrogen (secondary N) is 2. The average Bonchev–Trinajstić information content (AvgIpc) is 3.08. The van der Waals surface area contributed by atoms with Crippen LogP contribution < -0.4 is 5.32 Å². The fourth-order valence-electron chi connectivity index (χ4n) is 3.93. The van der Waals surface area contributed by atoms with Gasteiger partial charge in [0.25, 0.3) is 0 Å². The summed E-state index contributed by atoms with van der Waals surface area (Å²) in [6.45, 7) is 5.45. The standard InChI is InChI=1S/C16H22N6/c1-12-14(19-11-18-12)8-22-5-3-16(9-22)6-13(7-16)21-15-2-4-17-10-20-15/h2,4,10-11,13H,3,5-9H2,1H3,(H,18,19)(H,17,20,21). The summed E-state index contributed by atoms with van der Waals surface area (Å²) in [6.07, 6.45) is 8.97. The molecule has 2 N–H and O–H groups in total. The lowest BCUT2D eigenvalue weighted by Crippen LogP contribution is -2.46. The molecule has 6 nitrogen and oxygen atoms in total. The van der Waals surface area contributed by atoms with Crippen LogP contribution in [-0.2, 0) is 6.54 Å². The van der Waals surface area contributed by atoms with E-state index in [1.807, 2.05) is 6.07 Å². The Hall–Kier alpha value is -1.95. The van der Waals surface area contributed by atoms with Crippen molar-refractivity contribution in [1.29, 1.82) is 0 Å². The third-order valence-corrected chi connectivity index (χ3v) is 5.12. The molecule has 116 valence electrons. The number of aromatic amines is 1. The van der Waals surface area contributed by atoms with E-state index >= 15 is 0 Å². The van der Waals surface area contributed by atoms with Gasteiger partial charge >= 0.3 is 0 Å². The number of likely N-dealkylation sites (tertiary alicyclic amines) is 1. The van der Waals surface area contributed by atoms with Gasteiger partial charge in [-0.3, -0.25) is 4.90 Å². The van der Waals surface area contributed by atoms with E-state index in [4.69, 9.17) is 0 Å². The van der Waals surface area contributed by atoms with Crippen LogP contribution in [0.2, 0.25) is 0 Å². The number of aryl methyl sites for hydroxylation is 1. The predicted molar refractivity (Wildman–Crippen MR) is 84.3 cm³/mol. The molecule has 1 aliphatic heterocycles. The number of anilines is 1. The first-order valence-electron chi connectivity index (χ1n) is 7.96. The molecule has 1 spiro atoms. The second-order valence-electron chi connectivity index (χ2n) is 6.78. The molecule has 22 heavy (non-hydrogen) atoms. The second kappa shape index (κ2) is 5.35. The maximum absolute atomic E-state index is 4.42. The van der Waals surface area contributed by atoms with Crippen LogP contribution in [-0.4, -0.2) is 44.0 Å². The monoisotopic (exact) mass is 298 g/mol. The van der Waals surface area contributed by atoms with E-state index in [-0.39, 0.29) is 0 Å². The first-order valence-corrected chi connectivity index (χ1v) is 7.96. The maximum atomic E-state index is 4.42. The van der Waals surface area contributed by atoms with Crippen molar-refractivity contribution >= 4 is 5.82 Å². The van der Waals surface area contributed by atoms with Gasteiger partial charge in [0.05, 0.1) is 12.0 Å². The molecule has 2 aliphatic rings. The molecule has 4 rings (SSSR count). The fraction of sp³-hybridized carbons (Fsp3) is 0.562. The minimum atomic E-state index is 0.509. The average molecular weight is 298 g/mol. The molecule has 2 aromatic heterocycles. The van der Waals surface area contributed by atoms with Crippen molar-refractivity contribution in [1.82, 2.24) is 24.8 Å². The summed E-state index contributed by atoms with van der Waals surface area (Å²) >= 11 is 0. The lowest BCUT2D eigenvalue weighted by Gasteiger charge is -2.45. The van der Waals surface area contributed by atoms with Crippen LogP contribution in [0, 0.1) is 12.3 Å². The van der Waals surface area contributed by atoms with Gasteiger partial charge in [-0.1, -0.05) is 0 Å². The first kappa shape index (κ1) is 13.7. The predicted octanol–water partition coefficient (Wildman–Crippen LogP) is 1.97. The molecule has 0 aromatic carbocycles. The Kier molecular flexibility index (Phi) is 3.33. The topological polar surface area (TPSA) is 69.7 Å². The third-order valence-electron chi connectivity index (χ3n) is 5.12. The number of hydrogen-bond acceptors (Lipinski definition) is 5. The van der Waals surface area contributed by atoms with Crippen molar-refractivity contribution in [3.63, 3.8) is 0 Å². The van der Waals surface area contributed by atoms with E-state index in [9.17, 15) is 0 Å². The van der Waals surface area contributed by atoms with Gasteiger partial charge in [-0.05, 0) is 44.2 Å². The molecule has 1 aliphatic carbocycles. The molecular formula is C16H22N6. The highest BCUT2D eigenvalue weighted by molar-refractivity contribution is 5.34. The fourth-order valence-corrected chi connectivity index (χ4v) is 3.93. The van der Waals surface area contributed by atoms with Crippen LogP contribution in [0.5, 0.6) is 0 Å². The van der Waals surface area contributed by atoms with Crippen molar-refractivity contribution < 1.29 is 0 Å². The third kappa shape index (κ3) is 2.59. The van der Waals surface area contributed by atoms with Gasteiger partial charge in [0.15, 0.2) is 0 Å². The zero-order valence-corrected chi connectivity index (χ0v) is 12.9. The molecular weight excluding hydrogens is 276 g/mol. The van der Waals surface area contributed by atoms with E-state index in [1.54, 1.807) is 18.9 Å². The Morgan fingerprint density at radius 2 is 2.32 bits per heavy atom. The lowest BCUT2D eigenvalue weighted by atomic mass is 9.65. The Labute approximate surface area is 130 Å².